The number of hydrogen-bond donors (Lipinski definition) is 1. The van der Waals surface area contributed by atoms with E-state index in [0.29, 0.717) is 12.4 Å². The molecule has 0 unspecified atom stereocenters. The van der Waals surface area contributed by atoms with Crippen molar-refractivity contribution in [2.24, 2.45) is 5.10 Å². The number of nitrogens with one attached hydrogen (secondary N) is 1. The van der Waals surface area contributed by atoms with Crippen molar-refractivity contribution in [2.75, 3.05) is 0 Å². The van der Waals surface area contributed by atoms with Gasteiger partial charge < -0.3 is 4.74 Å². The van der Waals surface area contributed by atoms with Crippen molar-refractivity contribution in [1.29, 1.82) is 0 Å². The van der Waals surface area contributed by atoms with Crippen LogP contribution in [0.5, 0.6) is 5.75 Å². The zero-order valence-corrected chi connectivity index (χ0v) is 21.0. The first-order valence-electron chi connectivity index (χ1n) is 10.9. The van der Waals surface area contributed by atoms with Gasteiger partial charge in [0, 0.05) is 0 Å². The molecule has 35 heavy (non-hydrogen) atoms. The highest BCUT2D eigenvalue weighted by Crippen LogP contribution is 2.28. The largest absolute Gasteiger partial charge is 0.488 e. The molecule has 0 aliphatic heterocycles. The van der Waals surface area contributed by atoms with E-state index in [2.05, 4.69) is 50.1 Å². The monoisotopic (exact) mass is 544 g/mol. The molecule has 5 nitrogen and oxygen atoms in total. The number of ether oxygens (including phenoxy) is 1. The number of rotatable bonds is 7. The maximum Gasteiger partial charge on any atom is 0.276 e. The summed E-state index contributed by atoms with van der Waals surface area (Å²) in [4.78, 5) is 2.44. The Morgan fingerprint density at radius 1 is 0.800 bits per heavy atom. The topological polar surface area (TPSA) is 67.8 Å². The van der Waals surface area contributed by atoms with E-state index >= 15 is 0 Å². The fourth-order valence-electron chi connectivity index (χ4n) is 3.85. The maximum atomic E-state index is 12.6. The van der Waals surface area contributed by atoms with E-state index in [9.17, 15) is 8.42 Å². The molecule has 0 radical (unpaired) electrons. The zero-order valence-electron chi connectivity index (χ0n) is 18.6. The number of halogens is 1. The first-order chi connectivity index (χ1) is 17.0. The van der Waals surface area contributed by atoms with Crippen LogP contribution in [-0.4, -0.2) is 14.6 Å². The van der Waals surface area contributed by atoms with Crippen molar-refractivity contribution >= 4 is 53.7 Å². The Hall–Kier alpha value is -3.68. The molecule has 0 aliphatic carbocycles. The van der Waals surface area contributed by atoms with Crippen LogP contribution in [0.3, 0.4) is 0 Å². The summed E-state index contributed by atoms with van der Waals surface area (Å²) in [5, 5.41) is 8.10. The molecule has 7 heteroatoms. The lowest BCUT2D eigenvalue weighted by Crippen LogP contribution is -2.18. The second-order valence-corrected chi connectivity index (χ2v) is 10.5. The molecule has 0 atom stereocenters. The van der Waals surface area contributed by atoms with Crippen molar-refractivity contribution in [1.82, 2.24) is 4.83 Å². The predicted molar refractivity (Wildman–Crippen MR) is 144 cm³/mol. The third kappa shape index (κ3) is 5.21. The van der Waals surface area contributed by atoms with Crippen molar-refractivity contribution in [3.8, 4) is 5.75 Å². The van der Waals surface area contributed by atoms with Gasteiger partial charge in [0.1, 0.15) is 12.4 Å². The van der Waals surface area contributed by atoms with Crippen LogP contribution in [0.2, 0.25) is 0 Å². The lowest BCUT2D eigenvalue weighted by Gasteiger charge is -2.11. The van der Waals surface area contributed by atoms with E-state index in [0.717, 1.165) is 31.8 Å². The molecule has 0 saturated carbocycles. The molecule has 5 rings (SSSR count). The summed E-state index contributed by atoms with van der Waals surface area (Å²) in [6.07, 6.45) is 1.46. The van der Waals surface area contributed by atoms with E-state index in [1.54, 1.807) is 18.2 Å². The van der Waals surface area contributed by atoms with Gasteiger partial charge in [-0.25, -0.2) is 4.83 Å². The fourth-order valence-corrected chi connectivity index (χ4v) is 5.18. The van der Waals surface area contributed by atoms with Gasteiger partial charge in [0.15, 0.2) is 0 Å². The minimum atomic E-state index is -3.78. The molecule has 0 aliphatic rings. The summed E-state index contributed by atoms with van der Waals surface area (Å²) in [5.74, 6) is 0.687. The number of nitrogens with zero attached hydrogens (tertiary/aromatic N) is 1. The van der Waals surface area contributed by atoms with Crippen LogP contribution >= 0.6 is 15.9 Å². The van der Waals surface area contributed by atoms with E-state index in [1.807, 2.05) is 60.7 Å². The fraction of sp³-hybridized carbons (Fsp3) is 0.0357. The first kappa shape index (κ1) is 23.1. The normalized spacial score (nSPS) is 11.8. The SMILES string of the molecule is O=S(=O)(N/N=C/c1ccc(OCc2cccc3ccccc23)c(Br)c1)c1ccc2ccccc2c1. The molecule has 174 valence electrons. The lowest BCUT2D eigenvalue weighted by molar-refractivity contribution is 0.305. The van der Waals surface area contributed by atoms with Gasteiger partial charge in [-0.05, 0) is 78.9 Å². The van der Waals surface area contributed by atoms with Crippen LogP contribution in [-0.2, 0) is 16.6 Å². The Bertz CT molecular complexity index is 1660. The molecule has 0 amide bonds. The van der Waals surface area contributed by atoms with Gasteiger partial charge in [-0.2, -0.15) is 13.5 Å². The van der Waals surface area contributed by atoms with Crippen LogP contribution in [0.4, 0.5) is 0 Å². The van der Waals surface area contributed by atoms with Crippen LogP contribution < -0.4 is 9.57 Å². The Morgan fingerprint density at radius 3 is 2.37 bits per heavy atom. The summed E-state index contributed by atoms with van der Waals surface area (Å²) in [6, 6.07) is 32.4. The quantitative estimate of drug-likeness (QED) is 0.184. The van der Waals surface area contributed by atoms with Gasteiger partial charge in [-0.15, -0.1) is 0 Å². The highest BCUT2D eigenvalue weighted by molar-refractivity contribution is 9.10. The molecular formula is C28H21BrN2O3S. The third-order valence-corrected chi connectivity index (χ3v) is 7.48. The average molecular weight is 545 g/mol. The van der Waals surface area contributed by atoms with Crippen LogP contribution in [0, 0.1) is 0 Å². The van der Waals surface area contributed by atoms with Gasteiger partial charge in [0.25, 0.3) is 10.0 Å². The van der Waals surface area contributed by atoms with Crippen molar-refractivity contribution in [3.05, 3.63) is 119 Å². The summed E-state index contributed by atoms with van der Waals surface area (Å²) in [6.45, 7) is 0.430. The highest BCUT2D eigenvalue weighted by atomic mass is 79.9. The van der Waals surface area contributed by atoms with E-state index < -0.39 is 10.0 Å². The maximum absolute atomic E-state index is 12.6. The third-order valence-electron chi connectivity index (χ3n) is 5.64. The Kier molecular flexibility index (Phi) is 6.53. The zero-order chi connectivity index (χ0) is 24.3. The first-order valence-corrected chi connectivity index (χ1v) is 13.2. The predicted octanol–water partition coefficient (Wildman–Crippen LogP) is 6.65. The van der Waals surface area contributed by atoms with Crippen LogP contribution in [0.15, 0.2) is 118 Å². The van der Waals surface area contributed by atoms with Gasteiger partial charge in [-0.3, -0.25) is 0 Å². The summed E-state index contributed by atoms with van der Waals surface area (Å²) in [7, 11) is -3.78. The van der Waals surface area contributed by atoms with Gasteiger partial charge in [0.05, 0.1) is 15.6 Å². The van der Waals surface area contributed by atoms with Gasteiger partial charge in [-0.1, -0.05) is 72.8 Å². The molecule has 0 heterocycles. The Labute approximate surface area is 212 Å². The highest BCUT2D eigenvalue weighted by Gasteiger charge is 2.13. The van der Waals surface area contributed by atoms with E-state index in [1.165, 1.54) is 11.6 Å². The smallest absolute Gasteiger partial charge is 0.276 e. The number of hydrazone groups is 1. The summed E-state index contributed by atoms with van der Waals surface area (Å²) >= 11 is 3.54. The molecule has 0 spiro atoms. The summed E-state index contributed by atoms with van der Waals surface area (Å²) < 4.78 is 32.1. The average Bonchev–Trinajstić information content (AvgIpc) is 2.88. The van der Waals surface area contributed by atoms with Crippen molar-refractivity contribution < 1.29 is 13.2 Å². The molecule has 0 fully saturated rings. The number of benzene rings is 5. The van der Waals surface area contributed by atoms with Gasteiger partial charge in [0.2, 0.25) is 0 Å². The second-order valence-electron chi connectivity index (χ2n) is 7.98. The van der Waals surface area contributed by atoms with Gasteiger partial charge >= 0.3 is 0 Å². The Morgan fingerprint density at radius 2 is 1.54 bits per heavy atom. The van der Waals surface area contributed by atoms with Crippen molar-refractivity contribution in [3.63, 3.8) is 0 Å². The number of fused-ring (bicyclic) bond motifs is 2. The Balaban J connectivity index is 1.26. The minimum absolute atomic E-state index is 0.159. The molecule has 5 aromatic rings. The standard InChI is InChI=1S/C28H21BrN2O3S/c29-27-16-20(12-15-28(27)34-19-24-10-5-9-22-7-3-4-11-26(22)24)18-30-31-35(32,33)25-14-13-21-6-1-2-8-23(21)17-25/h1-18,31H,19H2/b30-18+. The number of hydrogen-bond acceptors (Lipinski definition) is 4. The van der Waals surface area contributed by atoms with Crippen LogP contribution in [0.1, 0.15) is 11.1 Å². The van der Waals surface area contributed by atoms with Crippen molar-refractivity contribution in [2.45, 2.75) is 11.5 Å². The van der Waals surface area contributed by atoms with E-state index in [4.69, 9.17) is 4.74 Å². The number of sulfonamides is 1. The molecular weight excluding hydrogens is 524 g/mol. The molecule has 5 aromatic carbocycles. The van der Waals surface area contributed by atoms with Crippen LogP contribution in [0.25, 0.3) is 21.5 Å². The molecule has 0 saturated heterocycles. The van der Waals surface area contributed by atoms with E-state index in [-0.39, 0.29) is 4.90 Å². The molecule has 1 N–H and O–H groups in total. The second kappa shape index (κ2) is 9.90. The molecule has 0 bridgehead atoms. The molecule has 0 aromatic heterocycles. The summed E-state index contributed by atoms with van der Waals surface area (Å²) in [5.41, 5.74) is 1.82. The minimum Gasteiger partial charge on any atom is -0.488 e. The lowest BCUT2D eigenvalue weighted by atomic mass is 10.1.